The highest BCUT2D eigenvalue weighted by atomic mass is 35.5. The number of carbonyl (C=O) groups excluding carboxylic acids is 2. The van der Waals surface area contributed by atoms with E-state index in [4.69, 9.17) is 11.6 Å². The summed E-state index contributed by atoms with van der Waals surface area (Å²) in [6, 6.07) is -0.222. The molecular formula is C20H36ClFN6O4S. The first-order valence-corrected chi connectivity index (χ1v) is 13.7. The zero-order valence-corrected chi connectivity index (χ0v) is 20.7. The minimum atomic E-state index is -3.81. The number of amides is 3. The number of hydrazine groups is 1. The van der Waals surface area contributed by atoms with Gasteiger partial charge in [0.1, 0.15) is 6.17 Å². The van der Waals surface area contributed by atoms with Gasteiger partial charge in [0.25, 0.3) is 0 Å². The predicted molar refractivity (Wildman–Crippen MR) is 124 cm³/mol. The minimum absolute atomic E-state index is 0.0321. The second kappa shape index (κ2) is 11.5. The summed E-state index contributed by atoms with van der Waals surface area (Å²) in [6.07, 6.45) is 1.12. The molecule has 1 heterocycles. The van der Waals surface area contributed by atoms with Crippen LogP contribution in [0.5, 0.6) is 0 Å². The van der Waals surface area contributed by atoms with Crippen LogP contribution in [0.15, 0.2) is 0 Å². The van der Waals surface area contributed by atoms with E-state index >= 15 is 0 Å². The lowest BCUT2D eigenvalue weighted by Gasteiger charge is -2.37. The monoisotopic (exact) mass is 510 g/mol. The summed E-state index contributed by atoms with van der Waals surface area (Å²) in [5.41, 5.74) is 2.21. The van der Waals surface area contributed by atoms with Crippen molar-refractivity contribution in [3.8, 4) is 0 Å². The van der Waals surface area contributed by atoms with Gasteiger partial charge in [-0.15, -0.1) is 16.4 Å². The Morgan fingerprint density at radius 3 is 2.64 bits per heavy atom. The van der Waals surface area contributed by atoms with Crippen molar-refractivity contribution in [3.05, 3.63) is 0 Å². The van der Waals surface area contributed by atoms with Crippen LogP contribution in [0.2, 0.25) is 0 Å². The third-order valence-corrected chi connectivity index (χ3v) is 8.59. The van der Waals surface area contributed by atoms with Gasteiger partial charge in [-0.1, -0.05) is 0 Å². The van der Waals surface area contributed by atoms with E-state index in [9.17, 15) is 22.4 Å². The van der Waals surface area contributed by atoms with Crippen LogP contribution in [-0.2, 0) is 14.8 Å². The molecule has 3 aliphatic rings. The number of halogens is 2. The number of carbonyl (C=O) groups is 2. The van der Waals surface area contributed by atoms with E-state index in [0.717, 1.165) is 13.2 Å². The third-order valence-electron chi connectivity index (χ3n) is 6.85. The fraction of sp³-hybridized carbons (Fsp3) is 0.900. The standard InChI is InChI=1S/C20H36ClFN6O4S/c1-3-23-20(30)25-14-5-4-12(6-14)10-33(31,32)27-26-19(29)15-7-13(8-16(21)18(15)22)17-9-28(2)11-24-17/h12-18,24,27H,3-11H2,1-2H3,(H,26,29)(H2,23,25,30). The minimum Gasteiger partial charge on any atom is -0.338 e. The molecule has 1 saturated heterocycles. The Labute approximate surface area is 200 Å². The lowest BCUT2D eigenvalue weighted by molar-refractivity contribution is -0.129. The zero-order valence-electron chi connectivity index (χ0n) is 19.1. The summed E-state index contributed by atoms with van der Waals surface area (Å²) in [7, 11) is -1.83. The van der Waals surface area contributed by atoms with Gasteiger partial charge in [-0.05, 0) is 57.9 Å². The SMILES string of the molecule is CCNC(=O)NC1CCC(CS(=O)(=O)NNC(=O)C2CC(C3CN(C)CN3)CC(Cl)C2F)C1. The molecule has 5 N–H and O–H groups in total. The van der Waals surface area contributed by atoms with Gasteiger partial charge >= 0.3 is 6.03 Å². The highest BCUT2D eigenvalue weighted by Crippen LogP contribution is 2.37. The van der Waals surface area contributed by atoms with Gasteiger partial charge in [0, 0.05) is 31.8 Å². The van der Waals surface area contributed by atoms with E-state index in [2.05, 4.69) is 31.1 Å². The number of nitrogens with one attached hydrogen (secondary N) is 5. The van der Waals surface area contributed by atoms with Gasteiger partial charge in [0.05, 0.1) is 17.0 Å². The predicted octanol–water partition coefficient (Wildman–Crippen LogP) is 0.258. The first-order chi connectivity index (χ1) is 15.6. The van der Waals surface area contributed by atoms with E-state index in [1.807, 2.05) is 14.0 Å². The Kier molecular flexibility index (Phi) is 9.18. The fourth-order valence-corrected chi connectivity index (χ4v) is 6.85. The molecule has 3 amide bonds. The van der Waals surface area contributed by atoms with E-state index in [0.29, 0.717) is 38.6 Å². The summed E-state index contributed by atoms with van der Waals surface area (Å²) in [4.78, 5) is 28.6. The van der Waals surface area contributed by atoms with Gasteiger partial charge in [-0.25, -0.2) is 17.6 Å². The lowest BCUT2D eigenvalue weighted by atomic mass is 9.76. The van der Waals surface area contributed by atoms with Crippen molar-refractivity contribution in [3.63, 3.8) is 0 Å². The molecule has 0 aromatic heterocycles. The topological polar surface area (TPSA) is 132 Å². The summed E-state index contributed by atoms with van der Waals surface area (Å²) in [6.45, 7) is 3.86. The average Bonchev–Trinajstić information content (AvgIpc) is 3.36. The number of nitrogens with zero attached hydrogens (tertiary/aromatic N) is 1. The van der Waals surface area contributed by atoms with E-state index in [-0.39, 0.29) is 35.7 Å². The Bertz CT molecular complexity index is 805. The maximum Gasteiger partial charge on any atom is 0.314 e. The van der Waals surface area contributed by atoms with Crippen LogP contribution in [0.4, 0.5) is 9.18 Å². The molecule has 3 fully saturated rings. The Hall–Kier alpha value is -1.21. The molecule has 1 aliphatic heterocycles. The van der Waals surface area contributed by atoms with Crippen molar-refractivity contribution < 1.29 is 22.4 Å². The number of sulfonamides is 1. The van der Waals surface area contributed by atoms with Crippen molar-refractivity contribution in [2.24, 2.45) is 17.8 Å². The second-order valence-electron chi connectivity index (χ2n) is 9.56. The van der Waals surface area contributed by atoms with Crippen molar-refractivity contribution in [1.29, 1.82) is 0 Å². The van der Waals surface area contributed by atoms with Crippen molar-refractivity contribution in [2.75, 3.05) is 32.6 Å². The molecule has 0 radical (unpaired) electrons. The normalized spacial score (nSPS) is 35.3. The lowest BCUT2D eigenvalue weighted by Crippen LogP contribution is -2.52. The van der Waals surface area contributed by atoms with Gasteiger partial charge in [0.15, 0.2) is 0 Å². The number of rotatable bonds is 8. The van der Waals surface area contributed by atoms with Crippen LogP contribution in [-0.4, -0.2) is 81.4 Å². The molecular weight excluding hydrogens is 475 g/mol. The molecule has 2 aliphatic carbocycles. The summed E-state index contributed by atoms with van der Waals surface area (Å²) in [5.74, 6) is -2.00. The Morgan fingerprint density at radius 2 is 1.97 bits per heavy atom. The van der Waals surface area contributed by atoms with E-state index < -0.39 is 33.4 Å². The smallest absolute Gasteiger partial charge is 0.314 e. The van der Waals surface area contributed by atoms with Crippen LogP contribution >= 0.6 is 11.6 Å². The van der Waals surface area contributed by atoms with Crippen molar-refractivity contribution >= 4 is 33.6 Å². The fourth-order valence-electron chi connectivity index (χ4n) is 5.18. The maximum atomic E-state index is 14.7. The number of alkyl halides is 2. The quantitative estimate of drug-likeness (QED) is 0.235. The summed E-state index contributed by atoms with van der Waals surface area (Å²) in [5, 5.41) is 8.05. The highest BCUT2D eigenvalue weighted by molar-refractivity contribution is 7.89. The van der Waals surface area contributed by atoms with Crippen LogP contribution in [0, 0.1) is 17.8 Å². The molecule has 33 heavy (non-hydrogen) atoms. The van der Waals surface area contributed by atoms with Gasteiger partial charge in [0.2, 0.25) is 15.9 Å². The first-order valence-electron chi connectivity index (χ1n) is 11.6. The van der Waals surface area contributed by atoms with Crippen LogP contribution in [0.25, 0.3) is 0 Å². The highest BCUT2D eigenvalue weighted by Gasteiger charge is 2.44. The second-order valence-corrected chi connectivity index (χ2v) is 11.9. The van der Waals surface area contributed by atoms with Crippen LogP contribution in [0.3, 0.4) is 0 Å². The molecule has 13 heteroatoms. The molecule has 0 aromatic carbocycles. The molecule has 10 nitrogen and oxygen atoms in total. The average molecular weight is 511 g/mol. The number of hydrogen-bond acceptors (Lipinski definition) is 6. The number of hydrogen-bond donors (Lipinski definition) is 5. The Morgan fingerprint density at radius 1 is 1.21 bits per heavy atom. The molecule has 0 bridgehead atoms. The molecule has 3 rings (SSSR count). The van der Waals surface area contributed by atoms with E-state index in [1.54, 1.807) is 0 Å². The molecule has 0 aromatic rings. The molecule has 2 saturated carbocycles. The molecule has 190 valence electrons. The molecule has 0 spiro atoms. The van der Waals surface area contributed by atoms with Gasteiger partial charge < -0.3 is 10.6 Å². The van der Waals surface area contributed by atoms with Crippen LogP contribution in [0.1, 0.15) is 39.0 Å². The van der Waals surface area contributed by atoms with Gasteiger partial charge in [-0.3, -0.25) is 20.4 Å². The number of likely N-dealkylation sites (N-methyl/N-ethyl adjacent to an activating group) is 1. The maximum absolute atomic E-state index is 14.7. The zero-order chi connectivity index (χ0) is 24.2. The molecule has 7 atom stereocenters. The Balaban J connectivity index is 1.48. The summed E-state index contributed by atoms with van der Waals surface area (Å²) >= 11 is 6.22. The van der Waals surface area contributed by atoms with Gasteiger partial charge in [-0.2, -0.15) is 0 Å². The molecule has 7 unspecified atom stereocenters. The largest absolute Gasteiger partial charge is 0.338 e. The van der Waals surface area contributed by atoms with E-state index in [1.165, 1.54) is 0 Å². The van der Waals surface area contributed by atoms with Crippen molar-refractivity contribution in [2.45, 2.75) is 62.7 Å². The first kappa shape index (κ1) is 26.4. The summed E-state index contributed by atoms with van der Waals surface area (Å²) < 4.78 is 39.7. The van der Waals surface area contributed by atoms with Crippen LogP contribution < -0.4 is 26.2 Å². The van der Waals surface area contributed by atoms with Crippen molar-refractivity contribution in [1.82, 2.24) is 31.1 Å². The number of urea groups is 1. The third kappa shape index (κ3) is 7.38.